The molecule has 1 aromatic carbocycles. The van der Waals surface area contributed by atoms with E-state index in [9.17, 15) is 29.3 Å². The third-order valence-corrected chi connectivity index (χ3v) is 12.0. The number of nitrogen functional groups attached to an aromatic ring is 1. The minimum absolute atomic E-state index is 0.0471. The second-order valence-corrected chi connectivity index (χ2v) is 17.3. The quantitative estimate of drug-likeness (QED) is 0.0273. The predicted molar refractivity (Wildman–Crippen MR) is 225 cm³/mol. The molecule has 0 bridgehead atoms. The van der Waals surface area contributed by atoms with Crippen molar-refractivity contribution in [2.45, 2.75) is 166 Å². The van der Waals surface area contributed by atoms with Crippen LogP contribution in [0.3, 0.4) is 0 Å². The van der Waals surface area contributed by atoms with Gasteiger partial charge in [-0.3, -0.25) is 14.0 Å². The number of aliphatic hydroxyl groups excluding tert-OH is 2. The molecule has 1 saturated heterocycles. The van der Waals surface area contributed by atoms with E-state index < -0.39 is 50.3 Å². The number of aliphatic imine (C=N–C) groups is 1. The van der Waals surface area contributed by atoms with Crippen LogP contribution >= 0.6 is 7.82 Å². The molecule has 1 unspecified atom stereocenters. The van der Waals surface area contributed by atoms with Crippen LogP contribution in [0.4, 0.5) is 10.2 Å². The highest BCUT2D eigenvalue weighted by atomic mass is 31.2. The van der Waals surface area contributed by atoms with Gasteiger partial charge in [-0.1, -0.05) is 122 Å². The van der Waals surface area contributed by atoms with Crippen molar-refractivity contribution >= 4 is 25.9 Å². The molecule has 59 heavy (non-hydrogen) atoms. The van der Waals surface area contributed by atoms with Gasteiger partial charge in [0.25, 0.3) is 0 Å². The second kappa shape index (κ2) is 25.5. The number of rotatable bonds is 31. The zero-order valence-electron chi connectivity index (χ0n) is 34.8. The van der Waals surface area contributed by atoms with Gasteiger partial charge in [-0.05, 0) is 49.0 Å². The SMILES string of the molecule is C=NC[C@]1(COP(=O)(O)OC[C@@H](CCCCCCCCCCCCCCCCCCCC)OCc2cc(F)cc(C#N)c2)O[C@@H](c2ccc3c(N)ncnn23)[C@H](O)[C@@H]1O. The molecule has 5 N–H and O–H groups in total. The molecule has 2 aromatic heterocycles. The third-order valence-electron chi connectivity index (χ3n) is 11.1. The summed E-state index contributed by atoms with van der Waals surface area (Å²) in [6.45, 7) is 4.40. The van der Waals surface area contributed by atoms with Gasteiger partial charge in [-0.2, -0.15) is 10.4 Å². The molecular weight excluding hydrogens is 778 g/mol. The number of ether oxygens (including phenoxy) is 2. The first-order chi connectivity index (χ1) is 28.5. The summed E-state index contributed by atoms with van der Waals surface area (Å²) < 4.78 is 51.8. The summed E-state index contributed by atoms with van der Waals surface area (Å²) in [7, 11) is -4.79. The lowest BCUT2D eigenvalue weighted by atomic mass is 9.95. The van der Waals surface area contributed by atoms with Crippen molar-refractivity contribution in [2.75, 3.05) is 25.5 Å². The number of nitrogens with zero attached hydrogens (tertiary/aromatic N) is 5. The Morgan fingerprint density at radius 2 is 1.59 bits per heavy atom. The smallest absolute Gasteiger partial charge is 0.387 e. The maximum atomic E-state index is 14.1. The van der Waals surface area contributed by atoms with E-state index in [-0.39, 0.29) is 31.1 Å². The Morgan fingerprint density at radius 3 is 2.19 bits per heavy atom. The monoisotopic (exact) mass is 844 g/mol. The van der Waals surface area contributed by atoms with Crippen LogP contribution in [0, 0.1) is 17.1 Å². The first kappa shape index (κ1) is 48.3. The Kier molecular flexibility index (Phi) is 20.9. The van der Waals surface area contributed by atoms with E-state index in [0.717, 1.165) is 31.7 Å². The zero-order chi connectivity index (χ0) is 42.5. The lowest BCUT2D eigenvalue weighted by Crippen LogP contribution is -2.49. The van der Waals surface area contributed by atoms with Crippen LogP contribution in [0.5, 0.6) is 0 Å². The predicted octanol–water partition coefficient (Wildman–Crippen LogP) is 8.71. The summed E-state index contributed by atoms with van der Waals surface area (Å²) in [5, 5.41) is 35.7. The van der Waals surface area contributed by atoms with E-state index in [0.29, 0.717) is 23.2 Å². The van der Waals surface area contributed by atoms with Gasteiger partial charge in [0, 0.05) is 0 Å². The molecule has 3 aromatic rings. The summed E-state index contributed by atoms with van der Waals surface area (Å²) in [6.07, 6.45) is 19.3. The molecule has 328 valence electrons. The Labute approximate surface area is 349 Å². The molecule has 0 saturated carbocycles. The number of nitriles is 1. The molecule has 0 amide bonds. The number of hydrogen-bond acceptors (Lipinski definition) is 12. The second-order valence-electron chi connectivity index (χ2n) is 15.9. The molecule has 0 radical (unpaired) electrons. The first-order valence-corrected chi connectivity index (χ1v) is 23.0. The van der Waals surface area contributed by atoms with Crippen molar-refractivity contribution in [1.82, 2.24) is 14.6 Å². The van der Waals surface area contributed by atoms with Gasteiger partial charge in [0.2, 0.25) is 0 Å². The fraction of sp³-hybridized carbons (Fsp3) is 0.674. The number of aromatic nitrogens is 3. The summed E-state index contributed by atoms with van der Waals surface area (Å²) in [6, 6.07) is 9.12. The van der Waals surface area contributed by atoms with Crippen molar-refractivity contribution in [3.8, 4) is 6.07 Å². The maximum Gasteiger partial charge on any atom is 0.472 e. The minimum atomic E-state index is -4.79. The number of aliphatic hydroxyl groups is 2. The average Bonchev–Trinajstić information content (AvgIpc) is 3.76. The molecular formula is C43H66FN6O8P. The molecule has 4 rings (SSSR count). The molecule has 3 heterocycles. The van der Waals surface area contributed by atoms with Gasteiger partial charge in [0.15, 0.2) is 5.82 Å². The lowest BCUT2D eigenvalue weighted by Gasteiger charge is -2.30. The molecule has 1 fully saturated rings. The molecule has 14 nitrogen and oxygen atoms in total. The van der Waals surface area contributed by atoms with Gasteiger partial charge in [0.1, 0.15) is 41.6 Å². The molecule has 1 aliphatic heterocycles. The number of benzene rings is 1. The lowest BCUT2D eigenvalue weighted by molar-refractivity contribution is -0.106. The Balaban J connectivity index is 1.23. The van der Waals surface area contributed by atoms with Gasteiger partial charge in [-0.15, -0.1) is 0 Å². The minimum Gasteiger partial charge on any atom is -0.387 e. The van der Waals surface area contributed by atoms with Gasteiger partial charge >= 0.3 is 7.82 Å². The van der Waals surface area contributed by atoms with E-state index in [4.69, 9.17) is 24.3 Å². The van der Waals surface area contributed by atoms with Gasteiger partial charge < -0.3 is 30.3 Å². The zero-order valence-corrected chi connectivity index (χ0v) is 35.7. The summed E-state index contributed by atoms with van der Waals surface area (Å²) >= 11 is 0. The van der Waals surface area contributed by atoms with Crippen LogP contribution in [-0.2, 0) is 29.7 Å². The number of anilines is 1. The fourth-order valence-corrected chi connectivity index (χ4v) is 8.50. The van der Waals surface area contributed by atoms with Gasteiger partial charge in [-0.25, -0.2) is 18.5 Å². The maximum absolute atomic E-state index is 14.1. The standard InChI is InChI=1S/C43H66FN6O8P/c1-3-4-5-6-7-8-9-10-11-12-13-14-15-16-17-18-19-20-21-36(55-28-34-24-33(27-45)25-35(44)26-34)29-56-59(53,54)57-31-43(30-47-2)41(52)39(51)40(58-43)37-22-23-38-42(46)48-32-49-50(37)38/h22-26,32,36,39-41,51-52H,2-21,28-31H2,1H3,(H,53,54)(H2,46,48,49)/t36-,39+,40+,41+,43-/m1/s1. The van der Waals surface area contributed by atoms with E-state index in [1.54, 1.807) is 12.1 Å². The number of nitrogens with two attached hydrogens (primary N) is 1. The molecule has 0 aliphatic carbocycles. The van der Waals surface area contributed by atoms with Crippen LogP contribution in [0.15, 0.2) is 41.7 Å². The normalized spacial score (nSPS) is 20.8. The highest BCUT2D eigenvalue weighted by Gasteiger charge is 2.56. The van der Waals surface area contributed by atoms with Crippen LogP contribution < -0.4 is 5.73 Å². The Hall–Kier alpha value is -3.32. The van der Waals surface area contributed by atoms with Crippen LogP contribution in [0.1, 0.15) is 152 Å². The number of phosphoric acid groups is 1. The largest absolute Gasteiger partial charge is 0.472 e. The molecule has 0 spiro atoms. The van der Waals surface area contributed by atoms with Crippen LogP contribution in [0.2, 0.25) is 0 Å². The van der Waals surface area contributed by atoms with Crippen LogP contribution in [-0.4, -0.2) is 80.1 Å². The van der Waals surface area contributed by atoms with Crippen molar-refractivity contribution in [1.29, 1.82) is 5.26 Å². The molecule has 1 aliphatic rings. The summed E-state index contributed by atoms with van der Waals surface area (Å²) in [5.74, 6) is -0.369. The van der Waals surface area contributed by atoms with Crippen molar-refractivity contribution in [3.63, 3.8) is 0 Å². The Bertz CT molecular complexity index is 1790. The third kappa shape index (κ3) is 15.6. The highest BCUT2D eigenvalue weighted by molar-refractivity contribution is 7.47. The summed E-state index contributed by atoms with van der Waals surface area (Å²) in [5.41, 5.74) is 5.60. The molecule has 16 heteroatoms. The van der Waals surface area contributed by atoms with Crippen molar-refractivity contribution in [3.05, 3.63) is 59.3 Å². The summed E-state index contributed by atoms with van der Waals surface area (Å²) in [4.78, 5) is 18.6. The topological polar surface area (TPSA) is 207 Å². The number of fused-ring (bicyclic) bond motifs is 1. The van der Waals surface area contributed by atoms with E-state index in [1.165, 1.54) is 113 Å². The fourth-order valence-electron chi connectivity index (χ4n) is 7.68. The first-order valence-electron chi connectivity index (χ1n) is 21.5. The van der Waals surface area contributed by atoms with Crippen LogP contribution in [0.25, 0.3) is 5.52 Å². The van der Waals surface area contributed by atoms with Crippen molar-refractivity contribution < 1.29 is 42.6 Å². The van der Waals surface area contributed by atoms with E-state index in [1.807, 2.05) is 6.07 Å². The number of phosphoric ester groups is 1. The van der Waals surface area contributed by atoms with Crippen molar-refractivity contribution in [2.24, 2.45) is 4.99 Å². The number of hydrogen-bond donors (Lipinski definition) is 4. The molecule has 6 atom stereocenters. The van der Waals surface area contributed by atoms with E-state index in [2.05, 4.69) is 28.7 Å². The highest BCUT2D eigenvalue weighted by Crippen LogP contribution is 2.48. The average molecular weight is 845 g/mol. The van der Waals surface area contributed by atoms with Gasteiger partial charge in [0.05, 0.1) is 49.8 Å². The van der Waals surface area contributed by atoms with E-state index >= 15 is 0 Å². The number of unbranched alkanes of at least 4 members (excludes halogenated alkanes) is 17. The number of halogens is 1. The Morgan fingerprint density at radius 1 is 0.983 bits per heavy atom.